The van der Waals surface area contributed by atoms with Gasteiger partial charge >= 0.3 is 0 Å². The number of rotatable bonds is 1. The summed E-state index contributed by atoms with van der Waals surface area (Å²) in [4.78, 5) is 1.24. The average Bonchev–Trinajstić information content (AvgIpc) is 2.17. The smallest absolute Gasteiger partial charge is 0.125 e. The van der Waals surface area contributed by atoms with Gasteiger partial charge in [-0.2, -0.15) is 0 Å². The first-order chi connectivity index (χ1) is 6.33. The summed E-state index contributed by atoms with van der Waals surface area (Å²) in [5.74, 6) is 0.964. The van der Waals surface area contributed by atoms with Crippen LogP contribution < -0.4 is 10.5 Å². The molecule has 2 nitrogen and oxygen atoms in total. The first-order valence-electron chi connectivity index (χ1n) is 4.38. The minimum Gasteiger partial charge on any atom is -0.493 e. The Morgan fingerprint density at radius 2 is 2.38 bits per heavy atom. The van der Waals surface area contributed by atoms with Crippen molar-refractivity contribution in [3.8, 4) is 5.75 Å². The highest BCUT2D eigenvalue weighted by atomic mass is 32.2. The number of thioether (sulfide) groups is 1. The van der Waals surface area contributed by atoms with E-state index in [1.807, 2.05) is 12.1 Å². The summed E-state index contributed by atoms with van der Waals surface area (Å²) in [6, 6.07) is 6.25. The minimum absolute atomic E-state index is 0.146. The van der Waals surface area contributed by atoms with Gasteiger partial charge in [0.15, 0.2) is 0 Å². The SMILES string of the molecule is CSc1cccc2c1C(N)CCO2. The molecule has 1 aromatic carbocycles. The molecule has 0 saturated heterocycles. The van der Waals surface area contributed by atoms with Gasteiger partial charge < -0.3 is 10.5 Å². The van der Waals surface area contributed by atoms with Crippen molar-refractivity contribution in [2.45, 2.75) is 17.4 Å². The highest BCUT2D eigenvalue weighted by Crippen LogP contribution is 2.36. The van der Waals surface area contributed by atoms with Crippen LogP contribution in [0.15, 0.2) is 23.1 Å². The fourth-order valence-corrected chi connectivity index (χ4v) is 2.32. The summed E-state index contributed by atoms with van der Waals surface area (Å²) in [7, 11) is 0. The molecule has 0 spiro atoms. The lowest BCUT2D eigenvalue weighted by molar-refractivity contribution is 0.266. The molecule has 0 aromatic heterocycles. The van der Waals surface area contributed by atoms with Gasteiger partial charge in [-0.15, -0.1) is 11.8 Å². The van der Waals surface area contributed by atoms with Crippen molar-refractivity contribution < 1.29 is 4.74 Å². The second-order valence-corrected chi connectivity index (χ2v) is 3.96. The fraction of sp³-hybridized carbons (Fsp3) is 0.400. The zero-order valence-electron chi connectivity index (χ0n) is 7.62. The predicted octanol–water partition coefficient (Wildman–Crippen LogP) is 2.19. The Morgan fingerprint density at radius 1 is 1.54 bits per heavy atom. The van der Waals surface area contributed by atoms with E-state index in [4.69, 9.17) is 10.5 Å². The molecule has 0 radical (unpaired) electrons. The van der Waals surface area contributed by atoms with E-state index in [9.17, 15) is 0 Å². The van der Waals surface area contributed by atoms with Crippen LogP contribution >= 0.6 is 11.8 Å². The van der Waals surface area contributed by atoms with E-state index >= 15 is 0 Å². The van der Waals surface area contributed by atoms with Crippen LogP contribution in [0.1, 0.15) is 18.0 Å². The van der Waals surface area contributed by atoms with E-state index in [0.29, 0.717) is 0 Å². The van der Waals surface area contributed by atoms with Gasteiger partial charge in [0.25, 0.3) is 0 Å². The zero-order valence-corrected chi connectivity index (χ0v) is 8.43. The Labute approximate surface area is 82.5 Å². The molecule has 1 aliphatic rings. The maximum absolute atomic E-state index is 6.03. The van der Waals surface area contributed by atoms with Gasteiger partial charge in [0.05, 0.1) is 6.61 Å². The standard InChI is InChI=1S/C10H13NOS/c1-13-9-4-2-3-8-10(9)7(11)5-6-12-8/h2-4,7H,5-6,11H2,1H3. The number of hydrogen-bond acceptors (Lipinski definition) is 3. The minimum atomic E-state index is 0.146. The molecule has 0 bridgehead atoms. The van der Waals surface area contributed by atoms with Gasteiger partial charge in [0.2, 0.25) is 0 Å². The van der Waals surface area contributed by atoms with E-state index < -0.39 is 0 Å². The molecule has 2 N–H and O–H groups in total. The van der Waals surface area contributed by atoms with Crippen LogP contribution in [-0.4, -0.2) is 12.9 Å². The molecule has 1 heterocycles. The largest absolute Gasteiger partial charge is 0.493 e. The second-order valence-electron chi connectivity index (χ2n) is 3.12. The van der Waals surface area contributed by atoms with Gasteiger partial charge in [-0.3, -0.25) is 0 Å². The van der Waals surface area contributed by atoms with E-state index in [-0.39, 0.29) is 6.04 Å². The van der Waals surface area contributed by atoms with Crippen molar-refractivity contribution in [1.82, 2.24) is 0 Å². The maximum Gasteiger partial charge on any atom is 0.125 e. The van der Waals surface area contributed by atoms with E-state index in [0.717, 1.165) is 18.8 Å². The summed E-state index contributed by atoms with van der Waals surface area (Å²) < 4.78 is 5.54. The third-order valence-electron chi connectivity index (χ3n) is 2.30. The van der Waals surface area contributed by atoms with Crippen LogP contribution in [0.2, 0.25) is 0 Å². The first-order valence-corrected chi connectivity index (χ1v) is 5.60. The number of benzene rings is 1. The molecule has 70 valence electrons. The topological polar surface area (TPSA) is 35.2 Å². The van der Waals surface area contributed by atoms with E-state index in [1.165, 1.54) is 10.5 Å². The van der Waals surface area contributed by atoms with Crippen molar-refractivity contribution in [3.05, 3.63) is 23.8 Å². The third kappa shape index (κ3) is 1.54. The van der Waals surface area contributed by atoms with Crippen molar-refractivity contribution in [1.29, 1.82) is 0 Å². The molecule has 1 unspecified atom stereocenters. The van der Waals surface area contributed by atoms with Crippen LogP contribution in [0.4, 0.5) is 0 Å². The van der Waals surface area contributed by atoms with Gasteiger partial charge in [-0.1, -0.05) is 6.07 Å². The fourth-order valence-electron chi connectivity index (χ4n) is 1.63. The highest BCUT2D eigenvalue weighted by Gasteiger charge is 2.20. The molecular formula is C10H13NOS. The van der Waals surface area contributed by atoms with Crippen molar-refractivity contribution in [2.24, 2.45) is 5.73 Å². The molecule has 13 heavy (non-hydrogen) atoms. The molecule has 0 aliphatic carbocycles. The molecule has 0 saturated carbocycles. The van der Waals surface area contributed by atoms with Crippen LogP contribution in [0.25, 0.3) is 0 Å². The number of ether oxygens (including phenoxy) is 1. The van der Waals surface area contributed by atoms with Gasteiger partial charge in [-0.25, -0.2) is 0 Å². The molecule has 0 amide bonds. The van der Waals surface area contributed by atoms with Crippen LogP contribution in [-0.2, 0) is 0 Å². The number of fused-ring (bicyclic) bond motifs is 1. The molecule has 3 heteroatoms. The van der Waals surface area contributed by atoms with Crippen molar-refractivity contribution in [2.75, 3.05) is 12.9 Å². The number of nitrogens with two attached hydrogens (primary N) is 1. The summed E-state index contributed by atoms with van der Waals surface area (Å²) in [5.41, 5.74) is 7.21. The Hall–Kier alpha value is -0.670. The van der Waals surface area contributed by atoms with Crippen LogP contribution in [0.3, 0.4) is 0 Å². The summed E-state index contributed by atoms with van der Waals surface area (Å²) in [6.45, 7) is 0.742. The van der Waals surface area contributed by atoms with Crippen molar-refractivity contribution >= 4 is 11.8 Å². The normalized spacial score (nSPS) is 20.6. The monoisotopic (exact) mass is 195 g/mol. The van der Waals surface area contributed by atoms with Gasteiger partial charge in [0.1, 0.15) is 5.75 Å². The summed E-state index contributed by atoms with van der Waals surface area (Å²) >= 11 is 1.73. The van der Waals surface area contributed by atoms with Crippen LogP contribution in [0.5, 0.6) is 5.75 Å². The van der Waals surface area contributed by atoms with Gasteiger partial charge in [-0.05, 0) is 18.4 Å². The number of hydrogen-bond donors (Lipinski definition) is 1. The molecule has 1 aliphatic heterocycles. The quantitative estimate of drug-likeness (QED) is 0.698. The lowest BCUT2D eigenvalue weighted by Crippen LogP contribution is -2.21. The van der Waals surface area contributed by atoms with Crippen molar-refractivity contribution in [3.63, 3.8) is 0 Å². The first kappa shape index (κ1) is 8.91. The molecule has 1 aromatic rings. The van der Waals surface area contributed by atoms with E-state index in [1.54, 1.807) is 11.8 Å². The second kappa shape index (κ2) is 3.60. The molecule has 0 fully saturated rings. The van der Waals surface area contributed by atoms with Crippen LogP contribution in [0, 0.1) is 0 Å². The Kier molecular flexibility index (Phi) is 2.47. The predicted molar refractivity (Wildman–Crippen MR) is 55.3 cm³/mol. The third-order valence-corrected chi connectivity index (χ3v) is 3.10. The maximum atomic E-state index is 6.03. The average molecular weight is 195 g/mol. The zero-order chi connectivity index (χ0) is 9.26. The molecular weight excluding hydrogens is 182 g/mol. The molecule has 1 atom stereocenters. The molecule has 2 rings (SSSR count). The highest BCUT2D eigenvalue weighted by molar-refractivity contribution is 7.98. The summed E-state index contributed by atoms with van der Waals surface area (Å²) in [5, 5.41) is 0. The lowest BCUT2D eigenvalue weighted by atomic mass is 10.0. The van der Waals surface area contributed by atoms with Gasteiger partial charge in [0, 0.05) is 22.9 Å². The Balaban J connectivity index is 2.50. The lowest BCUT2D eigenvalue weighted by Gasteiger charge is -2.24. The van der Waals surface area contributed by atoms with E-state index in [2.05, 4.69) is 12.3 Å². The Bertz CT molecular complexity index is 300. The Morgan fingerprint density at radius 3 is 3.15 bits per heavy atom. The summed E-state index contributed by atoms with van der Waals surface area (Å²) in [6.07, 6.45) is 2.99.